The lowest BCUT2D eigenvalue weighted by Gasteiger charge is -2.32. The molecule has 0 aliphatic carbocycles. The third-order valence-electron chi connectivity index (χ3n) is 6.37. The fourth-order valence-corrected chi connectivity index (χ4v) is 4.80. The van der Waals surface area contributed by atoms with Crippen molar-refractivity contribution in [3.63, 3.8) is 0 Å². The summed E-state index contributed by atoms with van der Waals surface area (Å²) in [4.78, 5) is 0. The van der Waals surface area contributed by atoms with Crippen molar-refractivity contribution in [1.82, 2.24) is 9.78 Å². The van der Waals surface area contributed by atoms with Gasteiger partial charge >= 0.3 is 0 Å². The molecule has 162 valence electrons. The number of aromatic nitrogens is 2. The molecular formula is C29H25N3O. The largest absolute Gasteiger partial charge is 0.488 e. The third-order valence-corrected chi connectivity index (χ3v) is 6.37. The van der Waals surface area contributed by atoms with Gasteiger partial charge in [0.05, 0.1) is 11.4 Å². The molecule has 1 aliphatic heterocycles. The van der Waals surface area contributed by atoms with Crippen molar-refractivity contribution in [2.75, 3.05) is 5.32 Å². The number of para-hydroxylation sites is 1. The molecule has 4 aromatic carbocycles. The summed E-state index contributed by atoms with van der Waals surface area (Å²) in [7, 11) is 0. The van der Waals surface area contributed by atoms with Gasteiger partial charge in [-0.25, -0.2) is 4.68 Å². The second-order valence-electron chi connectivity index (χ2n) is 8.63. The quantitative estimate of drug-likeness (QED) is 0.337. The molecule has 6 rings (SSSR count). The molecule has 0 fully saturated rings. The fourth-order valence-electron chi connectivity index (χ4n) is 4.80. The summed E-state index contributed by atoms with van der Waals surface area (Å²) in [6, 6.07) is 31.6. The highest BCUT2D eigenvalue weighted by Gasteiger charge is 2.30. The zero-order chi connectivity index (χ0) is 22.4. The summed E-state index contributed by atoms with van der Waals surface area (Å²) in [5, 5.41) is 11.1. The van der Waals surface area contributed by atoms with Crippen LogP contribution >= 0.6 is 0 Å². The molecule has 1 N–H and O–H groups in total. The fraction of sp³-hybridized carbons (Fsp3) is 0.138. The van der Waals surface area contributed by atoms with E-state index in [0.717, 1.165) is 39.3 Å². The minimum absolute atomic E-state index is 0.181. The Morgan fingerprint density at radius 3 is 2.58 bits per heavy atom. The summed E-state index contributed by atoms with van der Waals surface area (Å²) in [5.74, 6) is 0.867. The minimum Gasteiger partial charge on any atom is -0.488 e. The van der Waals surface area contributed by atoms with Gasteiger partial charge in [0.2, 0.25) is 0 Å². The lowest BCUT2D eigenvalue weighted by atomic mass is 9.97. The van der Waals surface area contributed by atoms with Crippen molar-refractivity contribution in [2.24, 2.45) is 0 Å². The van der Waals surface area contributed by atoms with E-state index < -0.39 is 0 Å². The topological polar surface area (TPSA) is 39.1 Å². The molecule has 1 aromatic heterocycles. The Bertz CT molecular complexity index is 1470. The van der Waals surface area contributed by atoms with Gasteiger partial charge in [-0.2, -0.15) is 5.10 Å². The number of hydrogen-bond acceptors (Lipinski definition) is 3. The number of aryl methyl sites for hydroxylation is 2. The normalized spacial score (nSPS) is 14.4. The third kappa shape index (κ3) is 3.35. The summed E-state index contributed by atoms with van der Waals surface area (Å²) in [5.41, 5.74) is 7.91. The van der Waals surface area contributed by atoms with Gasteiger partial charge in [0.1, 0.15) is 12.4 Å². The molecule has 2 heterocycles. The number of ether oxygens (including phenoxy) is 1. The van der Waals surface area contributed by atoms with Crippen LogP contribution in [0.4, 0.5) is 5.69 Å². The Labute approximate surface area is 193 Å². The molecule has 0 saturated heterocycles. The van der Waals surface area contributed by atoms with Gasteiger partial charge in [-0.1, -0.05) is 78.9 Å². The standard InChI is InChI=1S/C29H25N3O/c1-19-9-8-14-24-25-17-20(2)31-32(25)29(30-28(19)24)27-23-13-7-6-12-22(23)15-16-26(27)33-18-21-10-4-3-5-11-21/h3-17,29-30H,18H2,1-2H3. The highest BCUT2D eigenvalue weighted by atomic mass is 16.5. The van der Waals surface area contributed by atoms with Crippen LogP contribution in [0, 0.1) is 13.8 Å². The highest BCUT2D eigenvalue weighted by Crippen LogP contribution is 2.44. The predicted molar refractivity (Wildman–Crippen MR) is 134 cm³/mol. The molecular weight excluding hydrogens is 406 g/mol. The first kappa shape index (κ1) is 19.6. The zero-order valence-electron chi connectivity index (χ0n) is 18.7. The van der Waals surface area contributed by atoms with E-state index in [2.05, 4.69) is 89.7 Å². The van der Waals surface area contributed by atoms with Crippen LogP contribution in [-0.4, -0.2) is 9.78 Å². The molecule has 4 heteroatoms. The number of rotatable bonds is 4. The molecule has 5 aromatic rings. The Hall–Kier alpha value is -4.05. The van der Waals surface area contributed by atoms with E-state index in [-0.39, 0.29) is 6.17 Å². The van der Waals surface area contributed by atoms with Crippen molar-refractivity contribution in [3.8, 4) is 17.0 Å². The predicted octanol–water partition coefficient (Wildman–Crippen LogP) is 6.87. The van der Waals surface area contributed by atoms with Gasteiger partial charge in [-0.3, -0.25) is 0 Å². The van der Waals surface area contributed by atoms with Gasteiger partial charge in [0, 0.05) is 16.8 Å². The van der Waals surface area contributed by atoms with Crippen molar-refractivity contribution in [1.29, 1.82) is 0 Å². The van der Waals surface area contributed by atoms with Crippen molar-refractivity contribution in [2.45, 2.75) is 26.6 Å². The average Bonchev–Trinajstić information content (AvgIpc) is 3.25. The molecule has 0 radical (unpaired) electrons. The Morgan fingerprint density at radius 2 is 1.70 bits per heavy atom. The SMILES string of the molecule is Cc1cc2n(n1)C(c1c(OCc3ccccc3)ccc3ccccc13)Nc1c(C)cccc1-2. The number of fused-ring (bicyclic) bond motifs is 4. The summed E-state index contributed by atoms with van der Waals surface area (Å²) < 4.78 is 8.55. The molecule has 0 bridgehead atoms. The first-order valence-corrected chi connectivity index (χ1v) is 11.3. The van der Waals surface area contributed by atoms with E-state index in [1.807, 2.05) is 25.1 Å². The molecule has 0 amide bonds. The number of anilines is 1. The molecule has 1 atom stereocenters. The summed E-state index contributed by atoms with van der Waals surface area (Å²) in [6.07, 6.45) is -0.181. The minimum atomic E-state index is -0.181. The first-order valence-electron chi connectivity index (χ1n) is 11.3. The Kier molecular flexibility index (Phi) is 4.65. The Balaban J connectivity index is 1.53. The lowest BCUT2D eigenvalue weighted by molar-refractivity contribution is 0.300. The van der Waals surface area contributed by atoms with Gasteiger partial charge in [-0.05, 0) is 47.9 Å². The van der Waals surface area contributed by atoms with Crippen LogP contribution in [0.25, 0.3) is 22.0 Å². The highest BCUT2D eigenvalue weighted by molar-refractivity contribution is 5.90. The van der Waals surface area contributed by atoms with Gasteiger partial charge in [0.25, 0.3) is 0 Å². The van der Waals surface area contributed by atoms with Crippen molar-refractivity contribution < 1.29 is 4.74 Å². The maximum Gasteiger partial charge on any atom is 0.151 e. The van der Waals surface area contributed by atoms with E-state index in [0.29, 0.717) is 6.61 Å². The number of nitrogens with one attached hydrogen (secondary N) is 1. The molecule has 0 saturated carbocycles. The Morgan fingerprint density at radius 1 is 0.879 bits per heavy atom. The monoisotopic (exact) mass is 431 g/mol. The maximum atomic E-state index is 6.44. The number of benzene rings is 4. The van der Waals surface area contributed by atoms with Crippen LogP contribution in [0.2, 0.25) is 0 Å². The van der Waals surface area contributed by atoms with Crippen LogP contribution in [-0.2, 0) is 6.61 Å². The van der Waals surface area contributed by atoms with Crippen molar-refractivity contribution in [3.05, 3.63) is 113 Å². The van der Waals surface area contributed by atoms with E-state index >= 15 is 0 Å². The number of nitrogens with zero attached hydrogens (tertiary/aromatic N) is 2. The molecule has 0 spiro atoms. The zero-order valence-corrected chi connectivity index (χ0v) is 18.7. The van der Waals surface area contributed by atoms with Crippen LogP contribution < -0.4 is 10.1 Å². The average molecular weight is 432 g/mol. The number of hydrogen-bond donors (Lipinski definition) is 1. The summed E-state index contributed by atoms with van der Waals surface area (Å²) >= 11 is 0. The van der Waals surface area contributed by atoms with Gasteiger partial charge < -0.3 is 10.1 Å². The van der Waals surface area contributed by atoms with Gasteiger partial charge in [-0.15, -0.1) is 0 Å². The lowest BCUT2D eigenvalue weighted by Crippen LogP contribution is -2.27. The van der Waals surface area contributed by atoms with E-state index in [1.165, 1.54) is 16.5 Å². The van der Waals surface area contributed by atoms with E-state index in [4.69, 9.17) is 9.84 Å². The van der Waals surface area contributed by atoms with Gasteiger partial charge in [0.15, 0.2) is 6.17 Å². The van der Waals surface area contributed by atoms with E-state index in [1.54, 1.807) is 0 Å². The van der Waals surface area contributed by atoms with E-state index in [9.17, 15) is 0 Å². The van der Waals surface area contributed by atoms with Crippen molar-refractivity contribution >= 4 is 16.5 Å². The second kappa shape index (κ2) is 7.82. The van der Waals surface area contributed by atoms with Crippen LogP contribution in [0.5, 0.6) is 5.75 Å². The molecule has 4 nitrogen and oxygen atoms in total. The summed E-state index contributed by atoms with van der Waals surface area (Å²) in [6.45, 7) is 4.71. The second-order valence-corrected chi connectivity index (χ2v) is 8.63. The molecule has 1 aliphatic rings. The maximum absolute atomic E-state index is 6.44. The first-order chi connectivity index (χ1) is 16.2. The van der Waals surface area contributed by atoms with Crippen LogP contribution in [0.3, 0.4) is 0 Å². The molecule has 33 heavy (non-hydrogen) atoms. The van der Waals surface area contributed by atoms with Crippen LogP contribution in [0.15, 0.2) is 91.0 Å². The molecule has 1 unspecified atom stereocenters. The smallest absolute Gasteiger partial charge is 0.151 e. The van der Waals surface area contributed by atoms with Crippen LogP contribution in [0.1, 0.15) is 28.6 Å².